The zero-order valence-electron chi connectivity index (χ0n) is 11.2. The highest BCUT2D eigenvalue weighted by atomic mass is 32.2. The lowest BCUT2D eigenvalue weighted by Crippen LogP contribution is -2.33. The van der Waals surface area contributed by atoms with E-state index in [1.165, 1.54) is 4.31 Å². The first kappa shape index (κ1) is 13.1. The van der Waals surface area contributed by atoms with Crippen LogP contribution in [0, 0.1) is 0 Å². The molecule has 0 saturated carbocycles. The highest BCUT2D eigenvalue weighted by molar-refractivity contribution is 7.89. The lowest BCUT2D eigenvalue weighted by Gasteiger charge is -2.27. The van der Waals surface area contributed by atoms with Crippen LogP contribution in [-0.4, -0.2) is 26.3 Å². The molecule has 4 heteroatoms. The number of rotatable bonds is 1. The van der Waals surface area contributed by atoms with Crippen LogP contribution in [0.15, 0.2) is 59.5 Å². The van der Waals surface area contributed by atoms with Gasteiger partial charge in [-0.1, -0.05) is 48.5 Å². The SMILES string of the molecule is CN1CC(=Cc2ccccc2)c2ccccc2S1(=O)=O. The number of hydrogen-bond acceptors (Lipinski definition) is 2. The van der Waals surface area contributed by atoms with Gasteiger partial charge in [0.2, 0.25) is 10.0 Å². The van der Waals surface area contributed by atoms with Crippen molar-refractivity contribution in [3.8, 4) is 0 Å². The molecule has 2 aromatic rings. The van der Waals surface area contributed by atoms with E-state index >= 15 is 0 Å². The van der Waals surface area contributed by atoms with Crippen LogP contribution in [0.4, 0.5) is 0 Å². The van der Waals surface area contributed by atoms with E-state index in [0.717, 1.165) is 16.7 Å². The molecule has 20 heavy (non-hydrogen) atoms. The van der Waals surface area contributed by atoms with Crippen molar-refractivity contribution >= 4 is 21.7 Å². The van der Waals surface area contributed by atoms with Crippen molar-refractivity contribution in [3.05, 3.63) is 65.7 Å². The molecule has 102 valence electrons. The summed E-state index contributed by atoms with van der Waals surface area (Å²) in [7, 11) is -1.74. The van der Waals surface area contributed by atoms with Gasteiger partial charge >= 0.3 is 0 Å². The number of sulfonamides is 1. The van der Waals surface area contributed by atoms with E-state index in [-0.39, 0.29) is 0 Å². The molecule has 3 rings (SSSR count). The van der Waals surface area contributed by atoms with Crippen molar-refractivity contribution in [1.29, 1.82) is 0 Å². The van der Waals surface area contributed by atoms with Gasteiger partial charge in [0.1, 0.15) is 0 Å². The normalized spacial score (nSPS) is 19.8. The molecule has 1 heterocycles. The summed E-state index contributed by atoms with van der Waals surface area (Å²) >= 11 is 0. The molecule has 3 nitrogen and oxygen atoms in total. The van der Waals surface area contributed by atoms with Gasteiger partial charge in [0, 0.05) is 13.6 Å². The van der Waals surface area contributed by atoms with Crippen LogP contribution in [0.5, 0.6) is 0 Å². The maximum Gasteiger partial charge on any atom is 0.243 e. The molecule has 2 aromatic carbocycles. The first-order chi connectivity index (χ1) is 9.59. The molecule has 0 bridgehead atoms. The number of benzene rings is 2. The van der Waals surface area contributed by atoms with Gasteiger partial charge in [-0.2, -0.15) is 4.31 Å². The minimum absolute atomic E-state index is 0.385. The molecule has 0 saturated heterocycles. The molecule has 1 aliphatic rings. The van der Waals surface area contributed by atoms with Crippen molar-refractivity contribution in [2.45, 2.75) is 4.90 Å². The van der Waals surface area contributed by atoms with Crippen molar-refractivity contribution in [3.63, 3.8) is 0 Å². The van der Waals surface area contributed by atoms with E-state index in [1.54, 1.807) is 19.2 Å². The number of nitrogens with zero attached hydrogens (tertiary/aromatic N) is 1. The van der Waals surface area contributed by atoms with Crippen molar-refractivity contribution in [2.24, 2.45) is 0 Å². The van der Waals surface area contributed by atoms with Crippen LogP contribution in [0.25, 0.3) is 11.6 Å². The van der Waals surface area contributed by atoms with Crippen LogP contribution >= 0.6 is 0 Å². The fourth-order valence-electron chi connectivity index (χ4n) is 2.41. The summed E-state index contributed by atoms with van der Waals surface area (Å²) in [5.41, 5.74) is 2.89. The summed E-state index contributed by atoms with van der Waals surface area (Å²) in [6, 6.07) is 17.1. The Morgan fingerprint density at radius 1 is 1.00 bits per heavy atom. The Bertz CT molecular complexity index is 764. The molecule has 0 aliphatic carbocycles. The minimum atomic E-state index is -3.35. The lowest BCUT2D eigenvalue weighted by molar-refractivity contribution is 0.496. The molecule has 0 fully saturated rings. The van der Waals surface area contributed by atoms with Gasteiger partial charge < -0.3 is 0 Å². The standard InChI is InChI=1S/C16H15NO2S/c1-17-12-14(11-13-7-3-2-4-8-13)15-9-5-6-10-16(15)20(17,18)19/h2-11H,12H2,1H3. The van der Waals surface area contributed by atoms with Gasteiger partial charge in [-0.05, 0) is 28.8 Å². The molecule has 0 aromatic heterocycles. The van der Waals surface area contributed by atoms with Crippen LogP contribution in [-0.2, 0) is 10.0 Å². The summed E-state index contributed by atoms with van der Waals surface area (Å²) < 4.78 is 26.0. The minimum Gasteiger partial charge on any atom is -0.207 e. The number of hydrogen-bond donors (Lipinski definition) is 0. The molecule has 1 aliphatic heterocycles. The smallest absolute Gasteiger partial charge is 0.207 e. The maximum atomic E-state index is 12.3. The Kier molecular flexibility index (Phi) is 3.20. The predicted octanol–water partition coefficient (Wildman–Crippen LogP) is 2.86. The number of fused-ring (bicyclic) bond motifs is 1. The van der Waals surface area contributed by atoms with Gasteiger partial charge in [-0.15, -0.1) is 0 Å². The highest BCUT2D eigenvalue weighted by Gasteiger charge is 2.30. The molecule has 0 atom stereocenters. The lowest BCUT2D eigenvalue weighted by atomic mass is 10.0. The molecule has 0 spiro atoms. The molecule has 0 N–H and O–H groups in total. The number of likely N-dealkylation sites (N-methyl/N-ethyl adjacent to an activating group) is 1. The Morgan fingerprint density at radius 2 is 1.65 bits per heavy atom. The fourth-order valence-corrected chi connectivity index (χ4v) is 3.78. The Hall–Kier alpha value is -1.91. The third-order valence-corrected chi connectivity index (χ3v) is 5.32. The van der Waals surface area contributed by atoms with Crippen LogP contribution in [0.3, 0.4) is 0 Å². The quantitative estimate of drug-likeness (QED) is 0.808. The molecular formula is C16H15NO2S. The van der Waals surface area contributed by atoms with Gasteiger partial charge in [-0.25, -0.2) is 8.42 Å². The monoisotopic (exact) mass is 285 g/mol. The topological polar surface area (TPSA) is 37.4 Å². The van der Waals surface area contributed by atoms with E-state index in [0.29, 0.717) is 11.4 Å². The van der Waals surface area contributed by atoms with Crippen molar-refractivity contribution in [1.82, 2.24) is 4.31 Å². The first-order valence-corrected chi connectivity index (χ1v) is 7.84. The first-order valence-electron chi connectivity index (χ1n) is 6.40. The predicted molar refractivity (Wildman–Crippen MR) is 80.6 cm³/mol. The average molecular weight is 285 g/mol. The van der Waals surface area contributed by atoms with E-state index < -0.39 is 10.0 Å². The van der Waals surface area contributed by atoms with Crippen molar-refractivity contribution < 1.29 is 8.42 Å². The van der Waals surface area contributed by atoms with E-state index in [1.807, 2.05) is 48.5 Å². The second-order valence-corrected chi connectivity index (χ2v) is 6.85. The molecule has 0 radical (unpaired) electrons. The van der Waals surface area contributed by atoms with E-state index in [9.17, 15) is 8.42 Å². The summed E-state index contributed by atoms with van der Waals surface area (Å²) in [6.45, 7) is 0.397. The van der Waals surface area contributed by atoms with Crippen LogP contribution in [0.2, 0.25) is 0 Å². The van der Waals surface area contributed by atoms with Crippen LogP contribution in [0.1, 0.15) is 11.1 Å². The van der Waals surface area contributed by atoms with Gasteiger partial charge in [0.05, 0.1) is 4.90 Å². The second kappa shape index (κ2) is 4.89. The van der Waals surface area contributed by atoms with Gasteiger partial charge in [0.15, 0.2) is 0 Å². The van der Waals surface area contributed by atoms with Gasteiger partial charge in [0.25, 0.3) is 0 Å². The van der Waals surface area contributed by atoms with Gasteiger partial charge in [-0.3, -0.25) is 0 Å². The average Bonchev–Trinajstić information content (AvgIpc) is 2.46. The zero-order chi connectivity index (χ0) is 14.2. The zero-order valence-corrected chi connectivity index (χ0v) is 12.0. The fraction of sp³-hybridized carbons (Fsp3) is 0.125. The summed E-state index contributed by atoms with van der Waals surface area (Å²) in [5.74, 6) is 0. The Morgan fingerprint density at radius 3 is 2.40 bits per heavy atom. The molecule has 0 unspecified atom stereocenters. The van der Waals surface area contributed by atoms with Crippen LogP contribution < -0.4 is 0 Å². The Balaban J connectivity index is 2.18. The van der Waals surface area contributed by atoms with Crippen molar-refractivity contribution in [2.75, 3.05) is 13.6 Å². The molecule has 0 amide bonds. The highest BCUT2D eigenvalue weighted by Crippen LogP contribution is 2.32. The maximum absolute atomic E-state index is 12.3. The second-order valence-electron chi connectivity index (χ2n) is 4.84. The molecular weight excluding hydrogens is 270 g/mol. The third-order valence-electron chi connectivity index (χ3n) is 3.45. The summed E-state index contributed by atoms with van der Waals surface area (Å²) in [4.78, 5) is 0.385. The largest absolute Gasteiger partial charge is 0.243 e. The van der Waals surface area contributed by atoms with E-state index in [2.05, 4.69) is 0 Å². The summed E-state index contributed by atoms with van der Waals surface area (Å²) in [5, 5.41) is 0. The summed E-state index contributed by atoms with van der Waals surface area (Å²) in [6.07, 6.45) is 2.05. The third kappa shape index (κ3) is 2.17. The Labute approximate surface area is 119 Å². The van der Waals surface area contributed by atoms with E-state index in [4.69, 9.17) is 0 Å².